The molecule has 1 aliphatic rings. The maximum absolute atomic E-state index is 12.6. The summed E-state index contributed by atoms with van der Waals surface area (Å²) >= 11 is 0. The van der Waals surface area contributed by atoms with Gasteiger partial charge in [-0.1, -0.05) is 18.2 Å². The second kappa shape index (κ2) is 8.08. The predicted octanol–water partition coefficient (Wildman–Crippen LogP) is 2.26. The van der Waals surface area contributed by atoms with E-state index in [1.54, 1.807) is 13.0 Å². The van der Waals surface area contributed by atoms with Crippen molar-refractivity contribution in [1.29, 1.82) is 0 Å². The molecule has 152 valence electrons. The number of nitrogens with one attached hydrogen (secondary N) is 1. The lowest BCUT2D eigenvalue weighted by Crippen LogP contribution is -2.39. The molecule has 0 bridgehead atoms. The van der Waals surface area contributed by atoms with Crippen LogP contribution in [0.1, 0.15) is 31.7 Å². The van der Waals surface area contributed by atoms with Gasteiger partial charge in [0.1, 0.15) is 23.2 Å². The lowest BCUT2D eigenvalue weighted by atomic mass is 10.2. The molecule has 0 radical (unpaired) electrons. The summed E-state index contributed by atoms with van der Waals surface area (Å²) in [4.78, 5) is 32.5. The average Bonchev–Trinajstić information content (AvgIpc) is 3.38. The fourth-order valence-electron chi connectivity index (χ4n) is 3.49. The van der Waals surface area contributed by atoms with Crippen molar-refractivity contribution in [3.63, 3.8) is 0 Å². The molecule has 3 aromatic rings. The van der Waals surface area contributed by atoms with E-state index in [0.29, 0.717) is 36.7 Å². The molecule has 1 saturated heterocycles. The summed E-state index contributed by atoms with van der Waals surface area (Å²) < 4.78 is 14.0. The molecule has 8 nitrogen and oxygen atoms in total. The van der Waals surface area contributed by atoms with Crippen LogP contribution in [0, 0.1) is 0 Å². The number of aromatic amines is 1. The maximum Gasteiger partial charge on any atom is 0.332 e. The van der Waals surface area contributed by atoms with E-state index in [4.69, 9.17) is 9.47 Å². The largest absolute Gasteiger partial charge is 0.488 e. The molecule has 0 aliphatic carbocycles. The van der Waals surface area contributed by atoms with Crippen LogP contribution in [0.25, 0.3) is 23.3 Å². The quantitative estimate of drug-likeness (QED) is 0.690. The third-order valence-corrected chi connectivity index (χ3v) is 4.99. The van der Waals surface area contributed by atoms with Crippen molar-refractivity contribution in [1.82, 2.24) is 19.1 Å². The van der Waals surface area contributed by atoms with Crippen LogP contribution in [0.5, 0.6) is 5.75 Å². The van der Waals surface area contributed by atoms with Gasteiger partial charge >= 0.3 is 5.69 Å². The lowest BCUT2D eigenvalue weighted by molar-refractivity contribution is 0.141. The summed E-state index contributed by atoms with van der Waals surface area (Å²) in [5, 5.41) is 0. The molecule has 0 unspecified atom stereocenters. The Morgan fingerprint density at radius 2 is 2.07 bits per heavy atom. The first-order chi connectivity index (χ1) is 14.1. The minimum atomic E-state index is -0.349. The highest BCUT2D eigenvalue weighted by atomic mass is 16.5. The Labute approximate surface area is 167 Å². The maximum atomic E-state index is 12.6. The highest BCUT2D eigenvalue weighted by molar-refractivity contribution is 5.75. The van der Waals surface area contributed by atoms with Gasteiger partial charge in [0.2, 0.25) is 0 Å². The number of aromatic nitrogens is 4. The van der Waals surface area contributed by atoms with Crippen LogP contribution in [0.2, 0.25) is 0 Å². The van der Waals surface area contributed by atoms with Crippen LogP contribution < -0.4 is 16.0 Å². The first-order valence-corrected chi connectivity index (χ1v) is 9.86. The number of nitrogens with zero attached hydrogens (tertiary/aromatic N) is 3. The Balaban J connectivity index is 1.64. The first kappa shape index (κ1) is 19.2. The number of imidazole rings is 1. The molecule has 1 fully saturated rings. The third-order valence-electron chi connectivity index (χ3n) is 4.99. The highest BCUT2D eigenvalue weighted by Crippen LogP contribution is 2.19. The molecule has 1 aromatic carbocycles. The van der Waals surface area contributed by atoms with E-state index in [1.165, 1.54) is 9.13 Å². The van der Waals surface area contributed by atoms with E-state index in [9.17, 15) is 9.59 Å². The lowest BCUT2D eigenvalue weighted by Gasteiger charge is -2.11. The molecule has 0 saturated carbocycles. The summed E-state index contributed by atoms with van der Waals surface area (Å²) in [5.41, 5.74) is 0.978. The number of fused-ring (bicyclic) bond motifs is 1. The Kier molecular flexibility index (Phi) is 5.35. The zero-order chi connectivity index (χ0) is 20.4. The smallest absolute Gasteiger partial charge is 0.332 e. The van der Waals surface area contributed by atoms with Crippen molar-refractivity contribution in [2.24, 2.45) is 0 Å². The van der Waals surface area contributed by atoms with Gasteiger partial charge in [0.05, 0.1) is 13.2 Å². The number of aryl methyl sites for hydroxylation is 1. The molecule has 1 aliphatic heterocycles. The summed E-state index contributed by atoms with van der Waals surface area (Å²) in [6.45, 7) is 5.74. The second-order valence-corrected chi connectivity index (χ2v) is 6.91. The van der Waals surface area contributed by atoms with Crippen LogP contribution in [0.3, 0.4) is 0 Å². The minimum absolute atomic E-state index is 0.0936. The van der Waals surface area contributed by atoms with Gasteiger partial charge in [-0.25, -0.2) is 9.78 Å². The van der Waals surface area contributed by atoms with Gasteiger partial charge in [0.15, 0.2) is 5.65 Å². The fourth-order valence-corrected chi connectivity index (χ4v) is 3.49. The molecule has 4 rings (SSSR count). The van der Waals surface area contributed by atoms with Crippen molar-refractivity contribution in [2.45, 2.75) is 39.5 Å². The van der Waals surface area contributed by atoms with Gasteiger partial charge in [-0.15, -0.1) is 0 Å². The summed E-state index contributed by atoms with van der Waals surface area (Å²) in [5.74, 6) is 1.31. The van der Waals surface area contributed by atoms with Crippen molar-refractivity contribution >= 4 is 23.3 Å². The zero-order valence-corrected chi connectivity index (χ0v) is 16.6. The number of hydrogen-bond donors (Lipinski definition) is 1. The Bertz CT molecular complexity index is 1170. The van der Waals surface area contributed by atoms with Crippen LogP contribution in [0.4, 0.5) is 0 Å². The van der Waals surface area contributed by atoms with Crippen LogP contribution in [-0.4, -0.2) is 38.4 Å². The molecular weight excluding hydrogens is 372 g/mol. The van der Waals surface area contributed by atoms with Gasteiger partial charge in [-0.05, 0) is 37.6 Å². The molecule has 1 atom stereocenters. The second-order valence-electron chi connectivity index (χ2n) is 6.91. The van der Waals surface area contributed by atoms with Gasteiger partial charge in [-0.3, -0.25) is 13.9 Å². The SMILES string of the molecule is CCn1c(=O)c2[nH]c(/C=C/c3cccc(O[C@@H]4CCOC4)c3)nc2n(CC)c1=O. The Hall–Kier alpha value is -3.13. The number of benzene rings is 1. The van der Waals surface area contributed by atoms with Crippen molar-refractivity contribution in [2.75, 3.05) is 13.2 Å². The fraction of sp³-hybridized carbons (Fsp3) is 0.381. The monoisotopic (exact) mass is 396 g/mol. The van der Waals surface area contributed by atoms with E-state index >= 15 is 0 Å². The van der Waals surface area contributed by atoms with Crippen molar-refractivity contribution < 1.29 is 9.47 Å². The van der Waals surface area contributed by atoms with Crippen LogP contribution in [-0.2, 0) is 17.8 Å². The van der Waals surface area contributed by atoms with Crippen molar-refractivity contribution in [3.05, 3.63) is 56.5 Å². The summed E-state index contributed by atoms with van der Waals surface area (Å²) in [7, 11) is 0. The Morgan fingerprint density at radius 1 is 1.24 bits per heavy atom. The normalized spacial score (nSPS) is 16.8. The number of H-pyrrole nitrogens is 1. The third kappa shape index (κ3) is 3.75. The van der Waals surface area contributed by atoms with E-state index in [1.807, 2.05) is 37.3 Å². The van der Waals surface area contributed by atoms with E-state index in [0.717, 1.165) is 24.3 Å². The highest BCUT2D eigenvalue weighted by Gasteiger charge is 2.17. The molecule has 2 aromatic heterocycles. The topological polar surface area (TPSA) is 91.1 Å². The average molecular weight is 396 g/mol. The van der Waals surface area contributed by atoms with Gasteiger partial charge < -0.3 is 14.5 Å². The zero-order valence-electron chi connectivity index (χ0n) is 16.6. The molecule has 0 amide bonds. The van der Waals surface area contributed by atoms with Gasteiger partial charge in [0, 0.05) is 19.5 Å². The van der Waals surface area contributed by atoms with Crippen LogP contribution in [0.15, 0.2) is 33.9 Å². The molecular formula is C21H24N4O4. The van der Waals surface area contributed by atoms with Gasteiger partial charge in [0.25, 0.3) is 5.56 Å². The first-order valence-electron chi connectivity index (χ1n) is 9.86. The number of rotatable bonds is 6. The predicted molar refractivity (Wildman–Crippen MR) is 111 cm³/mol. The summed E-state index contributed by atoms with van der Waals surface area (Å²) in [6, 6.07) is 7.76. The van der Waals surface area contributed by atoms with Crippen LogP contribution >= 0.6 is 0 Å². The molecule has 29 heavy (non-hydrogen) atoms. The number of hydrogen-bond acceptors (Lipinski definition) is 5. The van der Waals surface area contributed by atoms with Gasteiger partial charge in [-0.2, -0.15) is 0 Å². The standard InChI is InChI=1S/C21H24N4O4/c1-3-24-19-18(20(26)25(4-2)21(24)27)22-17(23-19)9-8-14-6-5-7-15(12-14)29-16-10-11-28-13-16/h5-9,12,16H,3-4,10-11,13H2,1-2H3,(H,22,23)/b9-8+/t16-/m1/s1. The molecule has 1 N–H and O–H groups in total. The molecule has 0 spiro atoms. The number of ether oxygens (including phenoxy) is 2. The van der Waals surface area contributed by atoms with E-state index in [2.05, 4.69) is 9.97 Å². The summed E-state index contributed by atoms with van der Waals surface area (Å²) in [6.07, 6.45) is 4.67. The molecule has 3 heterocycles. The Morgan fingerprint density at radius 3 is 2.79 bits per heavy atom. The van der Waals surface area contributed by atoms with E-state index in [-0.39, 0.29) is 17.4 Å². The minimum Gasteiger partial charge on any atom is -0.488 e. The van der Waals surface area contributed by atoms with E-state index < -0.39 is 0 Å². The van der Waals surface area contributed by atoms with Crippen molar-refractivity contribution in [3.8, 4) is 5.75 Å². The molecule has 8 heteroatoms.